The highest BCUT2D eigenvalue weighted by Gasteiger charge is 2.28. The third kappa shape index (κ3) is 3.38. The molecule has 1 aliphatic heterocycles. The molecule has 98 valence electrons. The highest BCUT2D eigenvalue weighted by atomic mass is 16.5. The van der Waals surface area contributed by atoms with E-state index in [0.29, 0.717) is 12.6 Å². The second kappa shape index (κ2) is 6.63. The summed E-state index contributed by atoms with van der Waals surface area (Å²) in [6, 6.07) is 4.40. The Hall–Kier alpha value is -1.24. The maximum absolute atomic E-state index is 5.56. The molecule has 0 bridgehead atoms. The molecule has 0 amide bonds. The number of ether oxygens (including phenoxy) is 1. The van der Waals surface area contributed by atoms with Crippen molar-refractivity contribution in [2.45, 2.75) is 25.8 Å². The fourth-order valence-electron chi connectivity index (χ4n) is 2.44. The molecule has 0 unspecified atom stereocenters. The summed E-state index contributed by atoms with van der Waals surface area (Å²) in [7, 11) is 1.67. The number of rotatable bonds is 3. The normalized spacial score (nSPS) is 24.6. The molecule has 3 nitrogen and oxygen atoms in total. The lowest BCUT2D eigenvalue weighted by Crippen LogP contribution is -2.36. The molecule has 2 heterocycles. The van der Waals surface area contributed by atoms with E-state index >= 15 is 0 Å². The molecule has 1 saturated heterocycles. The van der Waals surface area contributed by atoms with Crippen LogP contribution in [0, 0.1) is 17.8 Å². The Morgan fingerprint density at radius 3 is 3.11 bits per heavy atom. The zero-order valence-corrected chi connectivity index (χ0v) is 11.2. The summed E-state index contributed by atoms with van der Waals surface area (Å²) in [6.07, 6.45) is 4.14. The molecule has 18 heavy (non-hydrogen) atoms. The van der Waals surface area contributed by atoms with Crippen molar-refractivity contribution in [1.82, 2.24) is 4.90 Å². The van der Waals surface area contributed by atoms with Gasteiger partial charge in [-0.1, -0.05) is 18.8 Å². The highest BCUT2D eigenvalue weighted by Crippen LogP contribution is 2.33. The molecule has 0 aromatic carbocycles. The maximum Gasteiger partial charge on any atom is 0.120 e. The average Bonchev–Trinajstić information content (AvgIpc) is 2.90. The van der Waals surface area contributed by atoms with Crippen molar-refractivity contribution in [3.8, 4) is 11.8 Å². The first kappa shape index (κ1) is 13.2. The topological polar surface area (TPSA) is 25.6 Å². The molecular formula is C15H21NO2. The molecule has 2 rings (SSSR count). The van der Waals surface area contributed by atoms with E-state index < -0.39 is 0 Å². The van der Waals surface area contributed by atoms with Crippen LogP contribution in [0.4, 0.5) is 0 Å². The van der Waals surface area contributed by atoms with E-state index in [9.17, 15) is 0 Å². The number of furan rings is 1. The third-order valence-corrected chi connectivity index (χ3v) is 3.47. The van der Waals surface area contributed by atoms with Gasteiger partial charge in [0.05, 0.1) is 18.8 Å². The van der Waals surface area contributed by atoms with Gasteiger partial charge in [-0.25, -0.2) is 0 Å². The van der Waals surface area contributed by atoms with Gasteiger partial charge in [-0.3, -0.25) is 4.90 Å². The minimum Gasteiger partial charge on any atom is -0.468 e. The van der Waals surface area contributed by atoms with Gasteiger partial charge in [-0.05, 0) is 30.9 Å². The van der Waals surface area contributed by atoms with E-state index in [0.717, 1.165) is 31.2 Å². The third-order valence-electron chi connectivity index (χ3n) is 3.47. The average molecular weight is 247 g/mol. The fraction of sp³-hybridized carbons (Fsp3) is 0.600. The van der Waals surface area contributed by atoms with Gasteiger partial charge in [0.2, 0.25) is 0 Å². The number of nitrogens with zero attached hydrogens (tertiary/aromatic N) is 1. The summed E-state index contributed by atoms with van der Waals surface area (Å²) in [5.74, 6) is 8.00. The van der Waals surface area contributed by atoms with Crippen molar-refractivity contribution in [1.29, 1.82) is 0 Å². The van der Waals surface area contributed by atoms with Crippen molar-refractivity contribution in [3.05, 3.63) is 24.2 Å². The van der Waals surface area contributed by atoms with Crippen LogP contribution in [0.1, 0.15) is 31.6 Å². The summed E-state index contributed by atoms with van der Waals surface area (Å²) in [5.41, 5.74) is 0. The van der Waals surface area contributed by atoms with Crippen LogP contribution in [-0.2, 0) is 4.74 Å². The van der Waals surface area contributed by atoms with Crippen LogP contribution in [0.15, 0.2) is 22.8 Å². The van der Waals surface area contributed by atoms with Gasteiger partial charge in [-0.15, -0.1) is 0 Å². The number of hydrogen-bond donors (Lipinski definition) is 0. The van der Waals surface area contributed by atoms with Gasteiger partial charge in [0.15, 0.2) is 0 Å². The molecule has 1 aromatic rings. The van der Waals surface area contributed by atoms with E-state index in [1.165, 1.54) is 6.42 Å². The Bertz CT molecular complexity index is 402. The van der Waals surface area contributed by atoms with Crippen molar-refractivity contribution < 1.29 is 9.15 Å². The van der Waals surface area contributed by atoms with Crippen LogP contribution in [-0.4, -0.2) is 31.7 Å². The van der Waals surface area contributed by atoms with Crippen molar-refractivity contribution in [2.24, 2.45) is 5.92 Å². The zero-order valence-electron chi connectivity index (χ0n) is 11.2. The molecule has 3 heteroatoms. The van der Waals surface area contributed by atoms with Gasteiger partial charge in [0.25, 0.3) is 0 Å². The highest BCUT2D eigenvalue weighted by molar-refractivity contribution is 5.09. The van der Waals surface area contributed by atoms with Crippen LogP contribution in [0.3, 0.4) is 0 Å². The molecule has 1 aliphatic rings. The molecule has 0 spiro atoms. The SMILES string of the molecule is COCC#CCN1CC[C@@H](C)C[C@@H]1c1ccco1. The van der Waals surface area contributed by atoms with Gasteiger partial charge < -0.3 is 9.15 Å². The molecule has 0 saturated carbocycles. The summed E-state index contributed by atoms with van der Waals surface area (Å²) < 4.78 is 10.5. The van der Waals surface area contributed by atoms with E-state index in [1.807, 2.05) is 6.07 Å². The Labute approximate surface area is 109 Å². The van der Waals surface area contributed by atoms with E-state index in [1.54, 1.807) is 13.4 Å². The molecule has 0 radical (unpaired) electrons. The standard InChI is InChI=1S/C15H21NO2/c1-13-7-9-16(8-3-4-10-17-2)14(12-13)15-6-5-11-18-15/h5-6,11,13-14H,7-10,12H2,1-2H3/t13-,14-/m1/s1. The Kier molecular flexibility index (Phi) is 4.86. The van der Waals surface area contributed by atoms with Crippen LogP contribution >= 0.6 is 0 Å². The monoisotopic (exact) mass is 247 g/mol. The molecular weight excluding hydrogens is 226 g/mol. The quantitative estimate of drug-likeness (QED) is 0.768. The maximum atomic E-state index is 5.56. The molecule has 1 aromatic heterocycles. The van der Waals surface area contributed by atoms with Crippen LogP contribution in [0.5, 0.6) is 0 Å². The number of likely N-dealkylation sites (tertiary alicyclic amines) is 1. The minimum atomic E-state index is 0.376. The summed E-state index contributed by atoms with van der Waals surface area (Å²) in [6.45, 7) is 4.70. The first-order valence-corrected chi connectivity index (χ1v) is 6.53. The lowest BCUT2D eigenvalue weighted by Gasteiger charge is -2.36. The minimum absolute atomic E-state index is 0.376. The van der Waals surface area contributed by atoms with Crippen molar-refractivity contribution in [2.75, 3.05) is 26.8 Å². The van der Waals surface area contributed by atoms with E-state index in [2.05, 4.69) is 29.7 Å². The summed E-state index contributed by atoms with van der Waals surface area (Å²) in [4.78, 5) is 2.40. The molecule has 0 aliphatic carbocycles. The smallest absolute Gasteiger partial charge is 0.120 e. The Morgan fingerprint density at radius 1 is 1.50 bits per heavy atom. The van der Waals surface area contributed by atoms with Gasteiger partial charge >= 0.3 is 0 Å². The van der Waals surface area contributed by atoms with Gasteiger partial charge in [0, 0.05) is 13.7 Å². The first-order chi connectivity index (χ1) is 8.81. The number of piperidine rings is 1. The largest absolute Gasteiger partial charge is 0.468 e. The zero-order chi connectivity index (χ0) is 12.8. The van der Waals surface area contributed by atoms with E-state index in [-0.39, 0.29) is 0 Å². The molecule has 1 fully saturated rings. The summed E-state index contributed by atoms with van der Waals surface area (Å²) >= 11 is 0. The predicted molar refractivity (Wildman–Crippen MR) is 71.1 cm³/mol. The Balaban J connectivity index is 2.00. The van der Waals surface area contributed by atoms with Gasteiger partial charge in [-0.2, -0.15) is 0 Å². The van der Waals surface area contributed by atoms with E-state index in [4.69, 9.17) is 9.15 Å². The number of methoxy groups -OCH3 is 1. The lowest BCUT2D eigenvalue weighted by molar-refractivity contribution is 0.117. The number of hydrogen-bond acceptors (Lipinski definition) is 3. The molecule has 0 N–H and O–H groups in total. The lowest BCUT2D eigenvalue weighted by atomic mass is 9.91. The summed E-state index contributed by atoms with van der Waals surface area (Å²) in [5, 5.41) is 0. The second-order valence-electron chi connectivity index (χ2n) is 4.92. The Morgan fingerprint density at radius 2 is 2.39 bits per heavy atom. The molecule has 2 atom stereocenters. The van der Waals surface area contributed by atoms with Crippen molar-refractivity contribution >= 4 is 0 Å². The van der Waals surface area contributed by atoms with Crippen LogP contribution < -0.4 is 0 Å². The second-order valence-corrected chi connectivity index (χ2v) is 4.92. The van der Waals surface area contributed by atoms with Gasteiger partial charge in [0.1, 0.15) is 12.4 Å². The van der Waals surface area contributed by atoms with Crippen molar-refractivity contribution in [3.63, 3.8) is 0 Å². The first-order valence-electron chi connectivity index (χ1n) is 6.53. The van der Waals surface area contributed by atoms with Crippen LogP contribution in [0.2, 0.25) is 0 Å². The van der Waals surface area contributed by atoms with Crippen LogP contribution in [0.25, 0.3) is 0 Å². The predicted octanol–water partition coefficient (Wildman–Crippen LogP) is 2.70. The fourth-order valence-corrected chi connectivity index (χ4v) is 2.44.